The number of hydrogen-bond acceptors (Lipinski definition) is 15. The standard InChI is InChI=1S/C56H74N8O14/c1-33-16-19-38(36(29-33)15-14-23-57)47(66)62-41(22-24-58-51(70)76-54(3,4)5)49(68)64(12)45-37-18-21-44(75-28-26-60-53(72)78-56(9,10)11)40(32-37)39-30-35(17-20-43(39)74-27-25-59-52(71)77-55(6,7)8)31-42(50(69)73-13)63-46(65)34(2)61-48(45)67/h14-21,29-30,32,34,41-42,45H,22,24-28,31H2,1-13H3,(H,58,70)(H,59,71)(H,60,72)(H,61,67)(H,62,66)(H,63,65)/b15-14+/t34-,41-,42-,45-/m0/s1. The maximum atomic E-state index is 15.2. The molecule has 0 unspecified atom stereocenters. The van der Waals surface area contributed by atoms with Crippen LogP contribution < -0.4 is 41.4 Å². The summed E-state index contributed by atoms with van der Waals surface area (Å²) in [6, 6.07) is 10.9. The molecule has 0 saturated carbocycles. The summed E-state index contributed by atoms with van der Waals surface area (Å²) in [5.74, 6) is -3.48. The predicted octanol–water partition coefficient (Wildman–Crippen LogP) is 5.94. The number of aryl methyl sites for hydroxylation is 1. The topological polar surface area (TPSA) is 291 Å². The minimum atomic E-state index is -1.58. The van der Waals surface area contributed by atoms with Gasteiger partial charge in [0, 0.05) is 42.8 Å². The molecule has 0 spiro atoms. The Labute approximate surface area is 455 Å². The molecule has 0 aromatic heterocycles. The number of likely N-dealkylation sites (N-methyl/N-ethyl adjacent to an activating group) is 1. The van der Waals surface area contributed by atoms with E-state index in [0.29, 0.717) is 22.3 Å². The number of rotatable bonds is 17. The molecule has 22 nitrogen and oxygen atoms in total. The van der Waals surface area contributed by atoms with Crippen LogP contribution in [0, 0.1) is 18.3 Å². The molecule has 3 aromatic carbocycles. The van der Waals surface area contributed by atoms with E-state index in [4.69, 9.17) is 28.4 Å². The molecule has 0 saturated heterocycles. The first-order valence-corrected chi connectivity index (χ1v) is 25.4. The van der Waals surface area contributed by atoms with Gasteiger partial charge in [-0.25, -0.2) is 19.2 Å². The Morgan fingerprint density at radius 2 is 1.28 bits per heavy atom. The predicted molar refractivity (Wildman–Crippen MR) is 288 cm³/mol. The van der Waals surface area contributed by atoms with Crippen molar-refractivity contribution in [3.8, 4) is 28.7 Å². The van der Waals surface area contributed by atoms with Crippen LogP contribution in [0.3, 0.4) is 0 Å². The van der Waals surface area contributed by atoms with Gasteiger partial charge in [0.1, 0.15) is 65.7 Å². The third-order valence-corrected chi connectivity index (χ3v) is 11.2. The van der Waals surface area contributed by atoms with Crippen LogP contribution in [-0.2, 0) is 44.5 Å². The summed E-state index contributed by atoms with van der Waals surface area (Å²) < 4.78 is 33.9. The van der Waals surface area contributed by atoms with Crippen LogP contribution in [0.1, 0.15) is 114 Å². The summed E-state index contributed by atoms with van der Waals surface area (Å²) in [5.41, 5.74) is 0.232. The fraction of sp³-hybridized carbons (Fsp3) is 0.482. The molecule has 0 radical (unpaired) electrons. The Hall–Kier alpha value is -8.35. The second-order valence-corrected chi connectivity index (χ2v) is 21.3. The lowest BCUT2D eigenvalue weighted by atomic mass is 9.93. The maximum Gasteiger partial charge on any atom is 0.407 e. The van der Waals surface area contributed by atoms with Crippen LogP contribution in [0.4, 0.5) is 14.4 Å². The van der Waals surface area contributed by atoms with E-state index < -0.39 is 88.8 Å². The smallest absolute Gasteiger partial charge is 0.407 e. The molecule has 0 fully saturated rings. The Kier molecular flexibility index (Phi) is 22.0. The van der Waals surface area contributed by atoms with Crippen molar-refractivity contribution in [2.24, 2.45) is 0 Å². The summed E-state index contributed by atoms with van der Waals surface area (Å²) in [6.45, 7) is 18.2. The zero-order valence-electron chi connectivity index (χ0n) is 46.7. The highest BCUT2D eigenvalue weighted by Crippen LogP contribution is 2.40. The zero-order valence-corrected chi connectivity index (χ0v) is 46.7. The number of nitrogens with zero attached hydrogens (tertiary/aromatic N) is 2. The van der Waals surface area contributed by atoms with Crippen LogP contribution >= 0.6 is 0 Å². The lowest BCUT2D eigenvalue weighted by molar-refractivity contribution is -0.145. The number of ether oxygens (including phenoxy) is 6. The molecule has 422 valence electrons. The first-order valence-electron chi connectivity index (χ1n) is 25.4. The quantitative estimate of drug-likeness (QED) is 0.0395. The summed E-state index contributed by atoms with van der Waals surface area (Å²) in [7, 11) is 2.50. The van der Waals surface area contributed by atoms with Crippen molar-refractivity contribution in [1.29, 1.82) is 5.26 Å². The van der Waals surface area contributed by atoms with Crippen molar-refractivity contribution in [3.63, 3.8) is 0 Å². The Bertz CT molecular complexity index is 2750. The van der Waals surface area contributed by atoms with Crippen molar-refractivity contribution >= 4 is 54.0 Å². The number of nitrogens with one attached hydrogen (secondary N) is 6. The molecular weight excluding hydrogens is 1010 g/mol. The fourth-order valence-electron chi connectivity index (χ4n) is 7.78. The highest BCUT2D eigenvalue weighted by molar-refractivity contribution is 6.01. The van der Waals surface area contributed by atoms with Gasteiger partial charge in [0.25, 0.3) is 5.91 Å². The minimum Gasteiger partial charge on any atom is -0.491 e. The number of carbonyl (C=O) groups excluding carboxylic acids is 8. The van der Waals surface area contributed by atoms with Gasteiger partial charge in [0.05, 0.1) is 26.3 Å². The number of amides is 7. The number of methoxy groups -OCH3 is 1. The van der Waals surface area contributed by atoms with E-state index in [0.717, 1.165) is 17.6 Å². The Balaban J connectivity index is 1.93. The van der Waals surface area contributed by atoms with Crippen LogP contribution in [0.15, 0.2) is 60.7 Å². The van der Waals surface area contributed by atoms with Gasteiger partial charge in [0.2, 0.25) is 17.7 Å². The number of fused-ring (bicyclic) bond motifs is 5. The number of alkyl carbamates (subject to hydrolysis) is 3. The largest absolute Gasteiger partial charge is 0.491 e. The van der Waals surface area contributed by atoms with E-state index in [2.05, 4.69) is 31.9 Å². The van der Waals surface area contributed by atoms with E-state index in [1.807, 2.05) is 6.07 Å². The third kappa shape index (κ3) is 19.7. The second-order valence-electron chi connectivity index (χ2n) is 21.3. The average Bonchev–Trinajstić information content (AvgIpc) is 3.33. The molecule has 1 heterocycles. The summed E-state index contributed by atoms with van der Waals surface area (Å²) in [4.78, 5) is 111. The molecular formula is C56H74N8O14. The molecule has 6 N–H and O–H groups in total. The van der Waals surface area contributed by atoms with Gasteiger partial charge in [0.15, 0.2) is 0 Å². The summed E-state index contributed by atoms with van der Waals surface area (Å²) >= 11 is 0. The number of benzene rings is 3. The minimum absolute atomic E-state index is 0.00636. The van der Waals surface area contributed by atoms with E-state index >= 15 is 4.79 Å². The first kappa shape index (κ1) is 62.2. The van der Waals surface area contributed by atoms with E-state index in [1.54, 1.807) is 112 Å². The van der Waals surface area contributed by atoms with Gasteiger partial charge >= 0.3 is 24.2 Å². The van der Waals surface area contributed by atoms with Crippen LogP contribution in [0.25, 0.3) is 17.2 Å². The SMILES string of the molecule is COC(=O)[C@@H]1Cc2ccc(OCCNC(=O)OC(C)(C)C)c(c2)-c2cc(ccc2OCCNC(=O)OC(C)(C)C)[C@H](N(C)C(=O)[C@H](CCNC(=O)OC(C)(C)C)NC(=O)c2ccc(C)cc2/C=C/C#N)C(=O)N[C@@H](C)C(=O)N1. The molecule has 78 heavy (non-hydrogen) atoms. The highest BCUT2D eigenvalue weighted by Gasteiger charge is 2.37. The molecule has 1 aliphatic heterocycles. The number of carbonyl (C=O) groups is 8. The zero-order chi connectivity index (χ0) is 58.1. The highest BCUT2D eigenvalue weighted by atomic mass is 16.6. The number of esters is 1. The van der Waals surface area contributed by atoms with Crippen molar-refractivity contribution < 1.29 is 66.8 Å². The molecule has 7 amide bonds. The number of nitriles is 1. The van der Waals surface area contributed by atoms with Crippen LogP contribution in [-0.4, -0.2) is 135 Å². The van der Waals surface area contributed by atoms with Crippen LogP contribution in [0.5, 0.6) is 11.5 Å². The molecule has 3 aromatic rings. The monoisotopic (exact) mass is 1080 g/mol. The Morgan fingerprint density at radius 1 is 0.744 bits per heavy atom. The number of allylic oxidation sites excluding steroid dienone is 1. The molecule has 1 aliphatic rings. The third-order valence-electron chi connectivity index (χ3n) is 11.2. The Morgan fingerprint density at radius 3 is 1.82 bits per heavy atom. The average molecular weight is 1080 g/mol. The van der Waals surface area contributed by atoms with Crippen molar-refractivity contribution in [2.45, 2.75) is 130 Å². The molecule has 22 heteroatoms. The molecule has 4 bridgehead atoms. The van der Waals surface area contributed by atoms with Gasteiger partial charge in [-0.15, -0.1) is 0 Å². The van der Waals surface area contributed by atoms with Gasteiger partial charge < -0.3 is 65.2 Å². The van der Waals surface area contributed by atoms with Gasteiger partial charge in [-0.1, -0.05) is 29.8 Å². The van der Waals surface area contributed by atoms with Gasteiger partial charge in [-0.3, -0.25) is 19.2 Å². The van der Waals surface area contributed by atoms with E-state index in [9.17, 15) is 38.8 Å². The van der Waals surface area contributed by atoms with Crippen molar-refractivity contribution in [1.82, 2.24) is 36.8 Å². The van der Waals surface area contributed by atoms with Crippen molar-refractivity contribution in [2.75, 3.05) is 47.0 Å². The van der Waals surface area contributed by atoms with E-state index in [1.165, 1.54) is 38.3 Å². The summed E-state index contributed by atoms with van der Waals surface area (Å²) in [6.07, 6.45) is 0.220. The van der Waals surface area contributed by atoms with Crippen LogP contribution in [0.2, 0.25) is 0 Å². The lowest BCUT2D eigenvalue weighted by Crippen LogP contribution is -2.55. The first-order chi connectivity index (χ1) is 36.5. The fourth-order valence-corrected chi connectivity index (χ4v) is 7.78. The van der Waals surface area contributed by atoms with Gasteiger partial charge in [-0.05, 0) is 136 Å². The molecule has 0 aliphatic carbocycles. The molecule has 4 atom stereocenters. The summed E-state index contributed by atoms with van der Waals surface area (Å²) in [5, 5.41) is 25.4. The maximum absolute atomic E-state index is 15.2. The lowest BCUT2D eigenvalue weighted by Gasteiger charge is -2.33. The van der Waals surface area contributed by atoms with Crippen molar-refractivity contribution in [3.05, 3.63) is 88.5 Å². The van der Waals surface area contributed by atoms with E-state index in [-0.39, 0.29) is 68.3 Å². The second kappa shape index (κ2) is 27.6. The molecule has 4 rings (SSSR count). The number of hydrogen-bond donors (Lipinski definition) is 6. The van der Waals surface area contributed by atoms with Gasteiger partial charge in [-0.2, -0.15) is 5.26 Å². The normalized spacial score (nSPS) is 16.1.